The van der Waals surface area contributed by atoms with Gasteiger partial charge in [-0.05, 0) is 68.3 Å². The van der Waals surface area contributed by atoms with Crippen LogP contribution < -0.4 is 51.4 Å². The summed E-state index contributed by atoms with van der Waals surface area (Å²) in [6.07, 6.45) is 15.9. The first-order valence-corrected chi connectivity index (χ1v) is 17.8. The second-order valence-corrected chi connectivity index (χ2v) is 13.4. The Morgan fingerprint density at radius 3 is 2.02 bits per heavy atom. The van der Waals surface area contributed by atoms with Crippen LogP contribution in [0.1, 0.15) is 97.0 Å². The van der Waals surface area contributed by atoms with E-state index in [0.29, 0.717) is 11.8 Å². The summed E-state index contributed by atoms with van der Waals surface area (Å²) in [5.41, 5.74) is 3.94. The van der Waals surface area contributed by atoms with Gasteiger partial charge in [0.15, 0.2) is 0 Å². The number of likely N-dealkylation sites (tertiary alicyclic amines) is 1. The minimum Gasteiger partial charge on any atom is -0.647 e. The minimum atomic E-state index is -0.698. The molecule has 0 amide bonds. The topological polar surface area (TPSA) is 67.0 Å². The van der Waals surface area contributed by atoms with Crippen LogP contribution in [0.2, 0.25) is 0 Å². The second kappa shape index (κ2) is 24.1. The van der Waals surface area contributed by atoms with E-state index in [9.17, 15) is 9.90 Å². The molecule has 248 valence electrons. The Balaban J connectivity index is 0.000000642. The maximum Gasteiger partial charge on any atom is 1.00 e. The zero-order chi connectivity index (χ0) is 32.3. The van der Waals surface area contributed by atoms with E-state index in [4.69, 9.17) is 5.32 Å². The quantitative estimate of drug-likeness (QED) is 0.231. The number of aliphatic imine (C=N–C) groups is 1. The van der Waals surface area contributed by atoms with Crippen molar-refractivity contribution in [1.82, 2.24) is 4.90 Å². The number of hydrogen-bond donors (Lipinski definition) is 1. The molecule has 3 aliphatic rings. The number of benzene rings is 2. The summed E-state index contributed by atoms with van der Waals surface area (Å²) in [6.45, 7) is 10.00. The van der Waals surface area contributed by atoms with Crippen LogP contribution in [0.3, 0.4) is 0 Å². The minimum absolute atomic E-state index is 0. The number of hydrogen-bond acceptors (Lipinski definition) is 3. The summed E-state index contributed by atoms with van der Waals surface area (Å²) in [5.74, 6) is 0.872. The van der Waals surface area contributed by atoms with Crippen molar-refractivity contribution >= 4 is 11.7 Å². The zero-order valence-corrected chi connectivity index (χ0v) is 32.7. The van der Waals surface area contributed by atoms with E-state index in [2.05, 4.69) is 67.1 Å². The maximum absolute atomic E-state index is 11.9. The van der Waals surface area contributed by atoms with Crippen LogP contribution in [-0.4, -0.2) is 60.5 Å². The number of allylic oxidation sites excluding steroid dienone is 2. The summed E-state index contributed by atoms with van der Waals surface area (Å²) >= 11 is 0. The molecule has 3 atom stereocenters. The molecule has 2 saturated carbocycles. The van der Waals surface area contributed by atoms with E-state index in [-0.39, 0.29) is 63.3 Å². The van der Waals surface area contributed by atoms with Crippen molar-refractivity contribution < 1.29 is 61.3 Å². The van der Waals surface area contributed by atoms with Crippen molar-refractivity contribution in [3.63, 3.8) is 0 Å². The van der Waals surface area contributed by atoms with E-state index in [1.165, 1.54) is 56.1 Å². The summed E-state index contributed by atoms with van der Waals surface area (Å²) in [7, 11) is 1.90. The summed E-state index contributed by atoms with van der Waals surface area (Å²) in [6, 6.07) is 22.4. The van der Waals surface area contributed by atoms with Crippen LogP contribution in [0.5, 0.6) is 0 Å². The Kier molecular flexibility index (Phi) is 21.5. The van der Waals surface area contributed by atoms with E-state index in [0.717, 1.165) is 57.5 Å². The third kappa shape index (κ3) is 15.4. The van der Waals surface area contributed by atoms with Crippen LogP contribution in [-0.2, 0) is 11.2 Å². The van der Waals surface area contributed by atoms with Gasteiger partial charge in [0.05, 0.1) is 0 Å². The van der Waals surface area contributed by atoms with E-state index in [1.54, 1.807) is 0 Å². The van der Waals surface area contributed by atoms with Crippen molar-refractivity contribution in [2.24, 2.45) is 22.7 Å². The van der Waals surface area contributed by atoms with E-state index >= 15 is 0 Å². The van der Waals surface area contributed by atoms with Crippen molar-refractivity contribution in [2.75, 3.05) is 26.7 Å². The molecule has 1 saturated heterocycles. The normalized spacial score (nSPS) is 22.0. The molecule has 2 aliphatic carbocycles. The van der Waals surface area contributed by atoms with Crippen LogP contribution in [0, 0.1) is 17.8 Å². The molecule has 0 aromatic heterocycles. The molecular formula is C40H60KN3O2. The Morgan fingerprint density at radius 1 is 0.913 bits per heavy atom. The largest absolute Gasteiger partial charge is 1.00 e. The van der Waals surface area contributed by atoms with Gasteiger partial charge in [-0.25, -0.2) is 0 Å². The molecule has 5 rings (SSSR count). The molecule has 3 fully saturated rings. The molecule has 2 aromatic carbocycles. The van der Waals surface area contributed by atoms with Crippen molar-refractivity contribution in [1.29, 1.82) is 0 Å². The second-order valence-electron chi connectivity index (χ2n) is 13.4. The molecule has 2 aromatic rings. The third-order valence-corrected chi connectivity index (χ3v) is 9.56. The van der Waals surface area contributed by atoms with Crippen LogP contribution in [0.15, 0.2) is 83.4 Å². The first kappa shape index (κ1) is 41.0. The van der Waals surface area contributed by atoms with Crippen LogP contribution in [0.25, 0.3) is 5.32 Å². The molecular weight excluding hydrogens is 594 g/mol. The Morgan fingerprint density at radius 2 is 1.48 bits per heavy atom. The van der Waals surface area contributed by atoms with Gasteiger partial charge in [0.2, 0.25) is 0 Å². The monoisotopic (exact) mass is 653 g/mol. The maximum atomic E-state index is 11.9. The first-order chi connectivity index (χ1) is 21.9. The number of aliphatic carboxylic acids is 1. The summed E-state index contributed by atoms with van der Waals surface area (Å²) in [5, 5.41) is 14.7. The molecule has 0 spiro atoms. The van der Waals surface area contributed by atoms with E-state index < -0.39 is 12.0 Å². The van der Waals surface area contributed by atoms with Gasteiger partial charge in [0, 0.05) is 25.7 Å². The first-order valence-electron chi connectivity index (χ1n) is 17.8. The van der Waals surface area contributed by atoms with Crippen LogP contribution in [0.4, 0.5) is 0 Å². The van der Waals surface area contributed by atoms with Gasteiger partial charge >= 0.3 is 51.4 Å². The molecule has 6 heteroatoms. The van der Waals surface area contributed by atoms with Gasteiger partial charge in [-0.2, -0.15) is 0 Å². The molecule has 46 heavy (non-hydrogen) atoms. The molecule has 5 nitrogen and oxygen atoms in total. The van der Waals surface area contributed by atoms with Gasteiger partial charge in [0.1, 0.15) is 0 Å². The zero-order valence-electron chi connectivity index (χ0n) is 29.6. The van der Waals surface area contributed by atoms with Crippen LogP contribution >= 0.6 is 0 Å². The third-order valence-electron chi connectivity index (χ3n) is 9.56. The van der Waals surface area contributed by atoms with Gasteiger partial charge in [-0.1, -0.05) is 144 Å². The standard InChI is InChI=1S/C31H46N3O2.C6H6.C3H8.K/c1-23(19-29(32-2)20-24-9-5-3-6-10-24)26-15-17-34(18-16-26)22-25-13-14-28(21-25)33-30(31(35)36)27-11-7-4-8-12-27;1-2-4-6-5-3-1;1-3-2;/h3,5-6,9-10,19,25-28,30H,4,7-8,11-18,20-22H2,1-2H3,(H,35,36);1-6H;3H2,1-2H3;/q-1;;;+1/b23-19+,32-29?;;;. The number of carboxylic acids is 1. The Bertz CT molecular complexity index is 1100. The van der Waals surface area contributed by atoms with Gasteiger partial charge in [0.25, 0.3) is 5.97 Å². The summed E-state index contributed by atoms with van der Waals surface area (Å²) in [4.78, 5) is 19.1. The number of carboxylic acid groups (broad SMARTS) is 1. The fraction of sp³-hybridized carbons (Fsp3) is 0.600. The molecule has 0 bridgehead atoms. The Labute approximate surface area is 323 Å². The number of piperidine rings is 1. The number of nitrogens with zero attached hydrogens (tertiary/aromatic N) is 3. The smallest absolute Gasteiger partial charge is 0.647 e. The number of carbonyl (C=O) groups is 1. The van der Waals surface area contributed by atoms with E-state index in [1.807, 2.05) is 43.4 Å². The predicted molar refractivity (Wildman–Crippen MR) is 191 cm³/mol. The van der Waals surface area contributed by atoms with Crippen molar-refractivity contribution in [2.45, 2.75) is 110 Å². The number of rotatable bonds is 10. The fourth-order valence-electron chi connectivity index (χ4n) is 7.12. The van der Waals surface area contributed by atoms with Crippen molar-refractivity contribution in [3.05, 3.63) is 89.3 Å². The molecule has 1 heterocycles. The molecule has 0 radical (unpaired) electrons. The molecule has 1 aliphatic heterocycles. The van der Waals surface area contributed by atoms with Gasteiger partial charge < -0.3 is 15.3 Å². The SMILES string of the molecule is CCC.CN=C(/C=C(\C)C1CCN(CC2CCC([N-]C(C(=O)O)C3CCCCC3)C2)CC1)Cc1ccccc1.[K+].c1ccccc1. The summed E-state index contributed by atoms with van der Waals surface area (Å²) < 4.78 is 0. The average Bonchev–Trinajstić information content (AvgIpc) is 3.52. The van der Waals surface area contributed by atoms with Gasteiger partial charge in [-0.3, -0.25) is 9.79 Å². The fourth-order valence-corrected chi connectivity index (χ4v) is 7.12. The van der Waals surface area contributed by atoms with Gasteiger partial charge in [-0.15, -0.1) is 6.04 Å². The Hall–Kier alpha value is -1.12. The average molecular weight is 654 g/mol. The molecule has 1 N–H and O–H groups in total. The molecule has 3 unspecified atom stereocenters. The predicted octanol–water partition coefficient (Wildman–Crippen LogP) is 6.64. The van der Waals surface area contributed by atoms with Crippen molar-refractivity contribution in [3.8, 4) is 0 Å².